The fourth-order valence-corrected chi connectivity index (χ4v) is 2.37. The number of carbonyl (C=O) groups is 1. The van der Waals surface area contributed by atoms with Crippen LogP contribution in [0.2, 0.25) is 0 Å². The van der Waals surface area contributed by atoms with Crippen molar-refractivity contribution in [2.24, 2.45) is 0 Å². The van der Waals surface area contributed by atoms with Crippen LogP contribution in [0.1, 0.15) is 24.2 Å². The molecule has 2 rings (SSSR count). The molecule has 0 bridgehead atoms. The largest absolute Gasteiger partial charge is 0.387 e. The van der Waals surface area contributed by atoms with Crippen LogP contribution in [0.25, 0.3) is 0 Å². The van der Waals surface area contributed by atoms with Gasteiger partial charge in [-0.3, -0.25) is 9.69 Å². The van der Waals surface area contributed by atoms with Crippen LogP contribution in [0.5, 0.6) is 0 Å². The Morgan fingerprint density at radius 3 is 2.39 bits per heavy atom. The quantitative estimate of drug-likeness (QED) is 0.826. The van der Waals surface area contributed by atoms with Gasteiger partial charge in [-0.15, -0.1) is 0 Å². The standard InChI is InChI=1S/C19H24N2O2/c1-3-21(13-18(22)16-11-9-15(2)10-12-16)14-19(23)20-17-7-5-4-6-8-17/h4-12,18,22H,3,13-14H2,1-2H3,(H,20,23). The molecule has 0 heterocycles. The lowest BCUT2D eigenvalue weighted by atomic mass is 10.1. The molecule has 0 saturated carbocycles. The van der Waals surface area contributed by atoms with Crippen LogP contribution in [-0.2, 0) is 4.79 Å². The van der Waals surface area contributed by atoms with Gasteiger partial charge in [0, 0.05) is 12.2 Å². The van der Waals surface area contributed by atoms with Gasteiger partial charge in [0.05, 0.1) is 12.6 Å². The van der Waals surface area contributed by atoms with E-state index in [9.17, 15) is 9.90 Å². The van der Waals surface area contributed by atoms with Crippen molar-refractivity contribution in [1.82, 2.24) is 4.90 Å². The topological polar surface area (TPSA) is 52.6 Å². The van der Waals surface area contributed by atoms with Crippen LogP contribution >= 0.6 is 0 Å². The number of anilines is 1. The lowest BCUT2D eigenvalue weighted by Crippen LogP contribution is -2.36. The highest BCUT2D eigenvalue weighted by molar-refractivity contribution is 5.92. The Morgan fingerprint density at radius 2 is 1.78 bits per heavy atom. The SMILES string of the molecule is CCN(CC(=O)Nc1ccccc1)CC(O)c1ccc(C)cc1. The zero-order valence-electron chi connectivity index (χ0n) is 13.7. The molecule has 1 unspecified atom stereocenters. The number of rotatable bonds is 7. The Kier molecular flexibility index (Phi) is 6.32. The van der Waals surface area contributed by atoms with Gasteiger partial charge in [0.15, 0.2) is 0 Å². The third-order valence-electron chi connectivity index (χ3n) is 3.77. The van der Waals surface area contributed by atoms with Crippen molar-refractivity contribution >= 4 is 11.6 Å². The fraction of sp³-hybridized carbons (Fsp3) is 0.316. The summed E-state index contributed by atoms with van der Waals surface area (Å²) in [6, 6.07) is 17.2. The second-order valence-corrected chi connectivity index (χ2v) is 5.67. The molecule has 2 aromatic rings. The molecule has 0 saturated heterocycles. The number of aliphatic hydroxyl groups is 1. The second kappa shape index (κ2) is 8.46. The van der Waals surface area contributed by atoms with E-state index in [0.29, 0.717) is 13.1 Å². The van der Waals surface area contributed by atoms with Gasteiger partial charge in [0.1, 0.15) is 0 Å². The molecule has 2 N–H and O–H groups in total. The molecular weight excluding hydrogens is 288 g/mol. The highest BCUT2D eigenvalue weighted by Crippen LogP contribution is 2.15. The molecule has 4 heteroatoms. The predicted octanol–water partition coefficient (Wildman–Crippen LogP) is 2.99. The van der Waals surface area contributed by atoms with E-state index < -0.39 is 6.10 Å². The summed E-state index contributed by atoms with van der Waals surface area (Å²) in [6.07, 6.45) is -0.597. The Balaban J connectivity index is 1.89. The Hall–Kier alpha value is -2.17. The number of likely N-dealkylation sites (N-methyl/N-ethyl adjacent to an activating group) is 1. The first-order valence-corrected chi connectivity index (χ1v) is 7.90. The third-order valence-corrected chi connectivity index (χ3v) is 3.77. The van der Waals surface area contributed by atoms with Crippen molar-refractivity contribution in [1.29, 1.82) is 0 Å². The predicted molar refractivity (Wildman–Crippen MR) is 93.3 cm³/mol. The van der Waals surface area contributed by atoms with E-state index in [1.165, 1.54) is 0 Å². The van der Waals surface area contributed by atoms with Crippen molar-refractivity contribution in [3.63, 3.8) is 0 Å². The van der Waals surface area contributed by atoms with Crippen molar-refractivity contribution in [2.45, 2.75) is 20.0 Å². The molecule has 0 fully saturated rings. The number of nitrogens with zero attached hydrogens (tertiary/aromatic N) is 1. The minimum Gasteiger partial charge on any atom is -0.387 e. The second-order valence-electron chi connectivity index (χ2n) is 5.67. The summed E-state index contributed by atoms with van der Waals surface area (Å²) in [5.41, 5.74) is 2.82. The summed E-state index contributed by atoms with van der Waals surface area (Å²) in [5.74, 6) is -0.0749. The fourth-order valence-electron chi connectivity index (χ4n) is 2.37. The van der Waals surface area contributed by atoms with Gasteiger partial charge >= 0.3 is 0 Å². The lowest BCUT2D eigenvalue weighted by molar-refractivity contribution is -0.117. The van der Waals surface area contributed by atoms with E-state index in [-0.39, 0.29) is 12.5 Å². The van der Waals surface area contributed by atoms with Crippen LogP contribution < -0.4 is 5.32 Å². The molecule has 4 nitrogen and oxygen atoms in total. The van der Waals surface area contributed by atoms with Crippen LogP contribution in [0, 0.1) is 6.92 Å². The van der Waals surface area contributed by atoms with Crippen LogP contribution in [-0.4, -0.2) is 35.5 Å². The number of hydrogen-bond acceptors (Lipinski definition) is 3. The number of nitrogens with one attached hydrogen (secondary N) is 1. The zero-order valence-corrected chi connectivity index (χ0v) is 13.7. The van der Waals surface area contributed by atoms with Crippen molar-refractivity contribution < 1.29 is 9.90 Å². The van der Waals surface area contributed by atoms with Gasteiger partial charge in [0.25, 0.3) is 0 Å². The van der Waals surface area contributed by atoms with E-state index in [0.717, 1.165) is 16.8 Å². The third kappa shape index (κ3) is 5.51. The molecule has 23 heavy (non-hydrogen) atoms. The highest BCUT2D eigenvalue weighted by atomic mass is 16.3. The summed E-state index contributed by atoms with van der Waals surface area (Å²) >= 11 is 0. The molecule has 122 valence electrons. The molecule has 0 aliphatic heterocycles. The Bertz CT molecular complexity index is 611. The molecule has 0 spiro atoms. The maximum absolute atomic E-state index is 12.1. The number of benzene rings is 2. The van der Waals surface area contributed by atoms with Gasteiger partial charge in [-0.2, -0.15) is 0 Å². The van der Waals surface area contributed by atoms with Crippen molar-refractivity contribution in [2.75, 3.05) is 25.0 Å². The first-order chi connectivity index (χ1) is 11.1. The first-order valence-electron chi connectivity index (χ1n) is 7.90. The maximum atomic E-state index is 12.1. The molecule has 0 aliphatic carbocycles. The van der Waals surface area contributed by atoms with Gasteiger partial charge in [-0.25, -0.2) is 0 Å². The van der Waals surface area contributed by atoms with Crippen molar-refractivity contribution in [3.8, 4) is 0 Å². The van der Waals surface area contributed by atoms with Gasteiger partial charge < -0.3 is 10.4 Å². The Labute approximate surface area is 137 Å². The van der Waals surface area contributed by atoms with Crippen molar-refractivity contribution in [3.05, 3.63) is 65.7 Å². The van der Waals surface area contributed by atoms with Crippen LogP contribution in [0.4, 0.5) is 5.69 Å². The molecular formula is C19H24N2O2. The molecule has 0 aromatic heterocycles. The van der Waals surface area contributed by atoms with E-state index in [2.05, 4.69) is 5.32 Å². The smallest absolute Gasteiger partial charge is 0.238 e. The summed E-state index contributed by atoms with van der Waals surface area (Å²) < 4.78 is 0. The molecule has 1 atom stereocenters. The summed E-state index contributed by atoms with van der Waals surface area (Å²) in [4.78, 5) is 14.0. The highest BCUT2D eigenvalue weighted by Gasteiger charge is 2.15. The van der Waals surface area contributed by atoms with E-state index in [1.807, 2.05) is 73.3 Å². The first kappa shape index (κ1) is 17.2. The van der Waals surface area contributed by atoms with Gasteiger partial charge in [-0.1, -0.05) is 55.0 Å². The number of amides is 1. The van der Waals surface area contributed by atoms with E-state index in [1.54, 1.807) is 0 Å². The molecule has 0 aliphatic rings. The molecule has 1 amide bonds. The van der Waals surface area contributed by atoms with Gasteiger partial charge in [0.2, 0.25) is 5.91 Å². The number of hydrogen-bond donors (Lipinski definition) is 2. The summed E-state index contributed by atoms with van der Waals surface area (Å²) in [6.45, 7) is 5.39. The van der Waals surface area contributed by atoms with E-state index >= 15 is 0 Å². The monoisotopic (exact) mass is 312 g/mol. The number of carbonyl (C=O) groups excluding carboxylic acids is 1. The average Bonchev–Trinajstić information content (AvgIpc) is 2.55. The van der Waals surface area contributed by atoms with Crippen LogP contribution in [0.3, 0.4) is 0 Å². The minimum atomic E-state index is -0.597. The molecule has 2 aromatic carbocycles. The minimum absolute atomic E-state index is 0.0749. The van der Waals surface area contributed by atoms with Gasteiger partial charge in [-0.05, 0) is 31.2 Å². The maximum Gasteiger partial charge on any atom is 0.238 e. The zero-order chi connectivity index (χ0) is 16.7. The normalized spacial score (nSPS) is 12.2. The number of aliphatic hydroxyl groups excluding tert-OH is 1. The van der Waals surface area contributed by atoms with Crippen LogP contribution in [0.15, 0.2) is 54.6 Å². The number of para-hydroxylation sites is 1. The number of aryl methyl sites for hydroxylation is 1. The summed E-state index contributed by atoms with van der Waals surface area (Å²) in [7, 11) is 0. The summed E-state index contributed by atoms with van der Waals surface area (Å²) in [5, 5.41) is 13.2. The average molecular weight is 312 g/mol. The van der Waals surface area contributed by atoms with E-state index in [4.69, 9.17) is 0 Å². The Morgan fingerprint density at radius 1 is 1.13 bits per heavy atom. The molecule has 0 radical (unpaired) electrons. The lowest BCUT2D eigenvalue weighted by Gasteiger charge is -2.23.